The fraction of sp³-hybridized carbons (Fsp3) is 0.423. The van der Waals surface area contributed by atoms with Gasteiger partial charge in [-0.25, -0.2) is 0 Å². The lowest BCUT2D eigenvalue weighted by molar-refractivity contribution is -0.389. The second-order valence-electron chi connectivity index (χ2n) is 8.61. The van der Waals surface area contributed by atoms with Crippen LogP contribution in [0.2, 0.25) is 0 Å². The number of methoxy groups -OCH3 is 3. The minimum absolute atomic E-state index is 0.179. The van der Waals surface area contributed by atoms with E-state index < -0.39 is 4.92 Å². The predicted octanol–water partition coefficient (Wildman–Crippen LogP) is 4.95. The maximum absolute atomic E-state index is 10.8. The predicted molar refractivity (Wildman–Crippen MR) is 133 cm³/mol. The molecule has 0 aliphatic heterocycles. The van der Waals surface area contributed by atoms with Crippen molar-refractivity contribution in [3.05, 3.63) is 70.2 Å². The van der Waals surface area contributed by atoms with Crippen molar-refractivity contribution >= 4 is 5.82 Å². The molecule has 0 aliphatic carbocycles. The van der Waals surface area contributed by atoms with E-state index in [4.69, 9.17) is 18.9 Å². The van der Waals surface area contributed by atoms with Gasteiger partial charge in [-0.1, -0.05) is 26.0 Å². The van der Waals surface area contributed by atoms with Gasteiger partial charge >= 0.3 is 5.82 Å². The molecule has 35 heavy (non-hydrogen) atoms. The zero-order valence-electron chi connectivity index (χ0n) is 20.9. The molecule has 0 aliphatic rings. The van der Waals surface area contributed by atoms with Crippen LogP contribution in [0.1, 0.15) is 25.0 Å². The zero-order chi connectivity index (χ0) is 25.4. The quantitative estimate of drug-likeness (QED) is 0.250. The van der Waals surface area contributed by atoms with E-state index in [1.54, 1.807) is 25.9 Å². The molecule has 9 heteroatoms. The van der Waals surface area contributed by atoms with Gasteiger partial charge in [0.25, 0.3) is 0 Å². The average Bonchev–Trinajstić information content (AvgIpc) is 3.34. The molecule has 3 aromatic rings. The monoisotopic (exact) mass is 483 g/mol. The van der Waals surface area contributed by atoms with Crippen LogP contribution >= 0.6 is 0 Å². The Morgan fingerprint density at radius 1 is 0.886 bits per heavy atom. The molecule has 0 radical (unpaired) electrons. The Balaban J connectivity index is 1.57. The highest BCUT2D eigenvalue weighted by Gasteiger charge is 2.17. The number of benzene rings is 2. The van der Waals surface area contributed by atoms with E-state index in [2.05, 4.69) is 31.0 Å². The Morgan fingerprint density at radius 3 is 1.94 bits per heavy atom. The normalized spacial score (nSPS) is 12.6. The summed E-state index contributed by atoms with van der Waals surface area (Å²) in [5.41, 5.74) is 2.39. The molecule has 188 valence electrons. The summed E-state index contributed by atoms with van der Waals surface area (Å²) in [5.74, 6) is 3.50. The molecular weight excluding hydrogens is 450 g/mol. The molecule has 0 spiro atoms. The summed E-state index contributed by atoms with van der Waals surface area (Å²) >= 11 is 0. The van der Waals surface area contributed by atoms with Gasteiger partial charge < -0.3 is 33.6 Å². The van der Waals surface area contributed by atoms with Crippen molar-refractivity contribution < 1.29 is 23.9 Å². The highest BCUT2D eigenvalue weighted by Crippen LogP contribution is 2.32. The number of rotatable bonds is 13. The van der Waals surface area contributed by atoms with Gasteiger partial charge in [0.2, 0.25) is 6.33 Å². The third-order valence-electron chi connectivity index (χ3n) is 6.18. The average molecular weight is 484 g/mol. The van der Waals surface area contributed by atoms with E-state index in [0.717, 1.165) is 24.3 Å². The largest absolute Gasteiger partial charge is 0.493 e. The van der Waals surface area contributed by atoms with Crippen molar-refractivity contribution in [2.45, 2.75) is 33.2 Å². The molecule has 2 aromatic carbocycles. The van der Waals surface area contributed by atoms with Crippen LogP contribution in [-0.4, -0.2) is 42.4 Å². The number of nitrogens with zero attached hydrogens (tertiary/aromatic N) is 3. The third-order valence-corrected chi connectivity index (χ3v) is 6.18. The van der Waals surface area contributed by atoms with E-state index >= 15 is 0 Å². The van der Waals surface area contributed by atoms with Crippen LogP contribution in [0.25, 0.3) is 0 Å². The lowest BCUT2D eigenvalue weighted by Gasteiger charge is -2.21. The minimum Gasteiger partial charge on any atom is -0.493 e. The molecule has 0 N–H and O–H groups in total. The summed E-state index contributed by atoms with van der Waals surface area (Å²) in [7, 11) is 4.91. The highest BCUT2D eigenvalue weighted by molar-refractivity contribution is 5.44. The zero-order valence-corrected chi connectivity index (χ0v) is 20.9. The first kappa shape index (κ1) is 25.9. The summed E-state index contributed by atoms with van der Waals surface area (Å²) in [6, 6.07) is 12.1. The molecule has 2 atom stereocenters. The van der Waals surface area contributed by atoms with Gasteiger partial charge in [-0.3, -0.25) is 0 Å². The lowest BCUT2D eigenvalue weighted by atomic mass is 9.85. The summed E-state index contributed by atoms with van der Waals surface area (Å²) in [5, 5.41) is 10.8. The summed E-state index contributed by atoms with van der Waals surface area (Å²) in [6.45, 7) is 5.29. The molecule has 0 saturated heterocycles. The lowest BCUT2D eigenvalue weighted by Crippen LogP contribution is -2.14. The van der Waals surface area contributed by atoms with Crippen molar-refractivity contribution in [1.82, 2.24) is 9.55 Å². The summed E-state index contributed by atoms with van der Waals surface area (Å²) < 4.78 is 23.8. The Kier molecular flexibility index (Phi) is 8.94. The van der Waals surface area contributed by atoms with E-state index in [9.17, 15) is 10.1 Å². The molecule has 0 unspecified atom stereocenters. The number of nitro groups is 1. The molecule has 1 aromatic heterocycles. The number of imidazole rings is 1. The van der Waals surface area contributed by atoms with Crippen LogP contribution in [0.5, 0.6) is 23.0 Å². The van der Waals surface area contributed by atoms with Gasteiger partial charge in [0.1, 0.15) is 12.8 Å². The molecule has 9 nitrogen and oxygen atoms in total. The van der Waals surface area contributed by atoms with Crippen molar-refractivity contribution in [2.24, 2.45) is 11.8 Å². The molecule has 0 bridgehead atoms. The summed E-state index contributed by atoms with van der Waals surface area (Å²) in [6.07, 6.45) is 4.65. The second-order valence-corrected chi connectivity index (χ2v) is 8.61. The SMILES string of the molecule is COc1ccc(C[C@@H](C)[C@@H](C)Cc2ccc(OCCn3cnc([N+](=O)[O-])c3)c(OC)c2)cc1OC. The van der Waals surface area contributed by atoms with Crippen molar-refractivity contribution in [2.75, 3.05) is 27.9 Å². The Labute approximate surface area is 205 Å². The Bertz CT molecular complexity index is 1130. The number of hydrogen-bond donors (Lipinski definition) is 0. The fourth-order valence-corrected chi connectivity index (χ4v) is 3.94. The first-order valence-corrected chi connectivity index (χ1v) is 11.5. The topological polar surface area (TPSA) is 97.9 Å². The number of ether oxygens (including phenoxy) is 4. The molecule has 3 rings (SSSR count). The van der Waals surface area contributed by atoms with Crippen molar-refractivity contribution in [3.63, 3.8) is 0 Å². The molecule has 0 saturated carbocycles. The smallest absolute Gasteiger partial charge is 0.381 e. The molecular formula is C26H33N3O6. The summed E-state index contributed by atoms with van der Waals surface area (Å²) in [4.78, 5) is 14.0. The van der Waals surface area contributed by atoms with E-state index in [1.807, 2.05) is 24.3 Å². The molecule has 1 heterocycles. The van der Waals surface area contributed by atoms with Crippen LogP contribution in [0.3, 0.4) is 0 Å². The van der Waals surface area contributed by atoms with Crippen LogP contribution in [-0.2, 0) is 19.4 Å². The number of aromatic nitrogens is 2. The fourth-order valence-electron chi connectivity index (χ4n) is 3.94. The highest BCUT2D eigenvalue weighted by atomic mass is 16.6. The number of hydrogen-bond acceptors (Lipinski definition) is 7. The Hall–Kier alpha value is -3.75. The van der Waals surface area contributed by atoms with Crippen LogP contribution in [0.15, 0.2) is 48.9 Å². The van der Waals surface area contributed by atoms with Crippen LogP contribution < -0.4 is 18.9 Å². The second kappa shape index (κ2) is 12.1. The molecule has 0 fully saturated rings. The first-order valence-electron chi connectivity index (χ1n) is 11.5. The van der Waals surface area contributed by atoms with Crippen LogP contribution in [0.4, 0.5) is 5.82 Å². The van der Waals surface area contributed by atoms with E-state index in [-0.39, 0.29) is 5.82 Å². The van der Waals surface area contributed by atoms with Gasteiger partial charge in [0.05, 0.1) is 27.9 Å². The van der Waals surface area contributed by atoms with E-state index in [0.29, 0.717) is 36.5 Å². The van der Waals surface area contributed by atoms with E-state index in [1.165, 1.54) is 23.7 Å². The van der Waals surface area contributed by atoms with Crippen molar-refractivity contribution in [1.29, 1.82) is 0 Å². The molecule has 0 amide bonds. The third kappa shape index (κ3) is 6.88. The van der Waals surface area contributed by atoms with Gasteiger partial charge in [-0.2, -0.15) is 0 Å². The maximum Gasteiger partial charge on any atom is 0.381 e. The van der Waals surface area contributed by atoms with Crippen molar-refractivity contribution in [3.8, 4) is 23.0 Å². The maximum atomic E-state index is 10.8. The van der Waals surface area contributed by atoms with Gasteiger partial charge in [0.15, 0.2) is 23.0 Å². The van der Waals surface area contributed by atoms with Gasteiger partial charge in [0, 0.05) is 0 Å². The first-order chi connectivity index (χ1) is 16.8. The standard InChI is InChI=1S/C26H33N3O6/c1-18(12-20-6-8-22(32-3)24(14-20)33-4)19(2)13-21-7-9-23(25(15-21)34-5)35-11-10-28-16-26(27-17-28)29(30)31/h6-9,14-19H,10-13H2,1-5H3/t18-,19+/m1/s1. The van der Waals surface area contributed by atoms with Gasteiger partial charge in [-0.05, 0) is 70.0 Å². The van der Waals surface area contributed by atoms with Crippen LogP contribution in [0, 0.1) is 22.0 Å². The van der Waals surface area contributed by atoms with Gasteiger partial charge in [-0.15, -0.1) is 0 Å². The minimum atomic E-state index is -0.519. The Morgan fingerprint density at radius 2 is 1.43 bits per heavy atom.